The number of ether oxygens (including phenoxy) is 4. The van der Waals surface area contributed by atoms with E-state index in [9.17, 15) is 4.79 Å². The second-order valence-corrected chi connectivity index (χ2v) is 60.5. The number of esters is 2. The highest BCUT2D eigenvalue weighted by Gasteiger charge is 2.57. The lowest BCUT2D eigenvalue weighted by atomic mass is 9.95. The van der Waals surface area contributed by atoms with E-state index in [0.717, 1.165) is 120 Å². The van der Waals surface area contributed by atoms with E-state index in [4.69, 9.17) is 45.8 Å². The van der Waals surface area contributed by atoms with Crippen molar-refractivity contribution >= 4 is 66.9 Å². The number of rotatable bonds is 90. The number of phosphoric ester groups is 1. The quantitative estimate of drug-likeness (QED) is 0.0208. The van der Waals surface area contributed by atoms with E-state index >= 15 is 18.9 Å². The number of hydrogen-bond acceptors (Lipinski definition) is 15. The standard InChI is InChI=1S/C118H215N2O15PSi3/c1-21-28-33-38-43-48-51-53-54-56-59-63-68-73-84-93-108(121)119-105(106(135-138(19,20)117(11,12)13)92-83-72-67-62-58-55-52-49-44-39-34-29-22-2)99-126-115-112(120-109(122)97-102(134-137(17,18)116(8,9)10)87-78-71-66-61-47-42-37-32-25-5)114(132-111(124)98-101(86-77-70-65-60-46-41-36-31-24-4)130-110(123)94-85-74-69-64-57-50-45-40-35-30-23-3)113(133-136(125,127-95-26-6)128-96-27-7)107(131-115)100-129-139(118(14,15)16,103-88-79-75-80-89-103)104-90-81-76-82-91-104/h26-27,75-76,79-83,88-92,101-102,105-107,112-115H,6-7,21-25,28-74,77-78,84-87,93-100H2,1-5,8-20H3,(H,119,121)(H,120,122)/b92-83+/t101-,102-,105+,106-,107-,112-,113-,114-,115-/m1/s1. The topological polar surface area (TPSA) is 202 Å². The Balaban J connectivity index is 2.58. The third-order valence-electron chi connectivity index (χ3n) is 29.4. The first-order chi connectivity index (χ1) is 66.7. The van der Waals surface area contributed by atoms with Crippen LogP contribution in [0.4, 0.5) is 0 Å². The average molecular weight is 2020 g/mol. The maximum atomic E-state index is 16.4. The van der Waals surface area contributed by atoms with E-state index in [2.05, 4.69) is 183 Å². The normalized spacial score (nSPS) is 16.7. The van der Waals surface area contributed by atoms with E-state index in [1.54, 1.807) is 0 Å². The van der Waals surface area contributed by atoms with Gasteiger partial charge in [-0.15, -0.1) is 13.2 Å². The number of amides is 2. The van der Waals surface area contributed by atoms with E-state index in [1.165, 1.54) is 243 Å². The molecule has 21 heteroatoms. The van der Waals surface area contributed by atoms with Gasteiger partial charge in [0, 0.05) is 12.8 Å². The van der Waals surface area contributed by atoms with Gasteiger partial charge in [-0.25, -0.2) is 4.57 Å². The minimum Gasteiger partial charge on any atom is -0.462 e. The maximum Gasteiger partial charge on any atom is 0.475 e. The Hall–Kier alpha value is -3.90. The largest absolute Gasteiger partial charge is 0.475 e. The third kappa shape index (κ3) is 57.3. The summed E-state index contributed by atoms with van der Waals surface area (Å²) in [6.07, 6.45) is 64.7. The molecule has 0 spiro atoms. The highest BCUT2D eigenvalue weighted by molar-refractivity contribution is 7.48. The van der Waals surface area contributed by atoms with Gasteiger partial charge < -0.3 is 42.9 Å². The molecule has 0 radical (unpaired) electrons. The molecule has 2 N–H and O–H groups in total. The SMILES string of the molecule is C=CCOP(=O)(OCC=C)O[C@H]1[C@H](OC(=O)C[C@@H](CCCCCCCCCCC)OC(=O)CCCCCCCCCCCCC)[C@@H](NC(=O)C[C@@H](CCCCCCCCCCC)O[Si](C)(C)C(C)(C)C)[C@H](OC[C@H](NC(=O)CCCCCCCCCCCCCCCCC)[C@@H](/C=C/CCCCCCCCCCCCC)O[Si](C)(C)C(C)(C)C)O[C@@H]1CO[Si](c1ccccc1)(c1ccccc1)C(C)(C)C. The van der Waals surface area contributed by atoms with Gasteiger partial charge in [0.15, 0.2) is 29.0 Å². The first-order valence-corrected chi connectivity index (χ1v) is 66.7. The lowest BCUT2D eigenvalue weighted by molar-refractivity contribution is -0.272. The second-order valence-electron chi connectivity index (χ2n) is 45.1. The predicted octanol–water partition coefficient (Wildman–Crippen LogP) is 33.6. The summed E-state index contributed by atoms with van der Waals surface area (Å²) in [5.74, 6) is -1.70. The number of carbonyl (C=O) groups excluding carboxylic acids is 4. The van der Waals surface area contributed by atoms with Crippen molar-refractivity contribution in [1.82, 2.24) is 10.6 Å². The molecule has 1 aliphatic rings. The fourth-order valence-corrected chi connectivity index (χ4v) is 27.3. The molecule has 17 nitrogen and oxygen atoms in total. The second kappa shape index (κ2) is 77.5. The monoisotopic (exact) mass is 2020 g/mol. The summed E-state index contributed by atoms with van der Waals surface area (Å²) in [6, 6.07) is 18.2. The molecule has 0 aliphatic carbocycles. The molecule has 1 fully saturated rings. The van der Waals surface area contributed by atoms with Crippen LogP contribution in [0.2, 0.25) is 41.3 Å². The zero-order chi connectivity index (χ0) is 102. The molecule has 0 bridgehead atoms. The van der Waals surface area contributed by atoms with Gasteiger partial charge in [0.05, 0.1) is 57.5 Å². The van der Waals surface area contributed by atoms with Crippen molar-refractivity contribution in [3.05, 3.63) is 98.1 Å². The molecule has 0 unspecified atom stereocenters. The van der Waals surface area contributed by atoms with Gasteiger partial charge in [-0.2, -0.15) is 0 Å². The van der Waals surface area contributed by atoms with Crippen molar-refractivity contribution in [3.63, 3.8) is 0 Å². The Morgan fingerprint density at radius 3 is 1.19 bits per heavy atom. The van der Waals surface area contributed by atoms with Gasteiger partial charge in [0.1, 0.15) is 24.4 Å². The molecule has 2 aromatic rings. The molecule has 2 amide bonds. The molecule has 3 rings (SSSR count). The maximum absolute atomic E-state index is 16.4. The third-order valence-corrected chi connectivity index (χ3v) is 44.9. The van der Waals surface area contributed by atoms with Crippen LogP contribution in [0.3, 0.4) is 0 Å². The number of allylic oxidation sites excluding steroid dienone is 1. The Kier molecular flexibility index (Phi) is 72.1. The summed E-state index contributed by atoms with van der Waals surface area (Å²) in [5, 5.41) is 7.87. The Bertz CT molecular complexity index is 3420. The Labute approximate surface area is 857 Å². The predicted molar refractivity (Wildman–Crippen MR) is 594 cm³/mol. The van der Waals surface area contributed by atoms with Gasteiger partial charge >= 0.3 is 19.8 Å². The number of nitrogens with one attached hydrogen (secondary N) is 2. The van der Waals surface area contributed by atoms with Crippen molar-refractivity contribution in [3.8, 4) is 0 Å². The Morgan fingerprint density at radius 2 is 0.799 bits per heavy atom. The molecule has 1 heterocycles. The minimum atomic E-state index is -4.85. The minimum absolute atomic E-state index is 0.0804. The van der Waals surface area contributed by atoms with E-state index in [1.807, 2.05) is 36.4 Å². The molecule has 804 valence electrons. The van der Waals surface area contributed by atoms with Crippen LogP contribution < -0.4 is 21.0 Å². The van der Waals surface area contributed by atoms with E-state index in [-0.39, 0.29) is 74.1 Å². The smallest absolute Gasteiger partial charge is 0.462 e. The summed E-state index contributed by atoms with van der Waals surface area (Å²) in [6.45, 7) is 47.0. The molecule has 1 saturated heterocycles. The van der Waals surface area contributed by atoms with Crippen LogP contribution in [0, 0.1) is 0 Å². The van der Waals surface area contributed by atoms with Crippen molar-refractivity contribution in [1.29, 1.82) is 0 Å². The molecule has 1 aliphatic heterocycles. The highest BCUT2D eigenvalue weighted by Crippen LogP contribution is 2.53. The lowest BCUT2D eigenvalue weighted by Crippen LogP contribution is -2.70. The van der Waals surface area contributed by atoms with Crippen molar-refractivity contribution in [2.75, 3.05) is 26.4 Å². The fraction of sp³-hybridized carbons (Fsp3) is 0.814. The molecule has 9 atom stereocenters. The molecule has 0 aromatic heterocycles. The number of phosphoric acid groups is 1. The zero-order valence-electron chi connectivity index (χ0n) is 92.9. The molecule has 2 aromatic carbocycles. The van der Waals surface area contributed by atoms with Crippen LogP contribution >= 0.6 is 7.82 Å². The summed E-state index contributed by atoms with van der Waals surface area (Å²) in [4.78, 5) is 62.5. The van der Waals surface area contributed by atoms with Gasteiger partial charge in [-0.05, 0) is 96.6 Å². The summed E-state index contributed by atoms with van der Waals surface area (Å²) < 4.78 is 87.8. The number of carbonyl (C=O) groups is 4. The summed E-state index contributed by atoms with van der Waals surface area (Å²) in [7, 11) is -13.7. The van der Waals surface area contributed by atoms with Gasteiger partial charge in [-0.3, -0.25) is 32.7 Å². The van der Waals surface area contributed by atoms with Crippen LogP contribution in [0.15, 0.2) is 98.1 Å². The van der Waals surface area contributed by atoms with Crippen molar-refractivity contribution < 1.29 is 69.5 Å². The van der Waals surface area contributed by atoms with Crippen LogP contribution in [-0.4, -0.2) is 130 Å². The van der Waals surface area contributed by atoms with Crippen LogP contribution in [0.5, 0.6) is 0 Å². The summed E-state index contributed by atoms with van der Waals surface area (Å²) in [5.41, 5.74) is 0. The first kappa shape index (κ1) is 129. The number of unbranched alkanes of at least 4 members (excludes halogenated alkanes) is 51. The van der Waals surface area contributed by atoms with Crippen LogP contribution in [0.1, 0.15) is 495 Å². The van der Waals surface area contributed by atoms with Crippen LogP contribution in [0.25, 0.3) is 0 Å². The van der Waals surface area contributed by atoms with E-state index in [0.29, 0.717) is 32.1 Å². The van der Waals surface area contributed by atoms with Crippen molar-refractivity contribution in [2.24, 2.45) is 0 Å². The fourth-order valence-electron chi connectivity index (χ4n) is 18.8. The zero-order valence-corrected chi connectivity index (χ0v) is 96.8. The molecule has 0 saturated carbocycles. The van der Waals surface area contributed by atoms with Crippen molar-refractivity contribution in [2.45, 2.75) is 591 Å². The number of hydrogen-bond donors (Lipinski definition) is 2. The van der Waals surface area contributed by atoms with Gasteiger partial charge in [0.2, 0.25) is 11.8 Å². The lowest BCUT2D eigenvalue weighted by Gasteiger charge is -2.48. The van der Waals surface area contributed by atoms with Crippen LogP contribution in [-0.2, 0) is 69.5 Å². The first-order valence-electron chi connectivity index (χ1n) is 57.5. The number of benzene rings is 2. The molecule has 139 heavy (non-hydrogen) atoms. The summed E-state index contributed by atoms with van der Waals surface area (Å²) >= 11 is 0. The molecular formula is C118H215N2O15PSi3. The average Bonchev–Trinajstić information content (AvgIpc) is 0.740. The highest BCUT2D eigenvalue weighted by atomic mass is 31.2. The van der Waals surface area contributed by atoms with E-state index < -0.39 is 105 Å². The van der Waals surface area contributed by atoms with Gasteiger partial charge in [0.25, 0.3) is 8.32 Å². The Morgan fingerprint density at radius 1 is 0.432 bits per heavy atom. The molecular weight excluding hydrogens is 1800 g/mol. The van der Waals surface area contributed by atoms with Gasteiger partial charge in [-0.1, -0.05) is 509 Å².